The number of ether oxygens (including phenoxy) is 1. The summed E-state index contributed by atoms with van der Waals surface area (Å²) in [5.74, 6) is 1.01. The average Bonchev–Trinajstić information content (AvgIpc) is 2.79. The number of aromatic nitrogens is 2. The van der Waals surface area contributed by atoms with Gasteiger partial charge in [-0.05, 0) is 19.9 Å². The average molecular weight is 271 g/mol. The predicted molar refractivity (Wildman–Crippen MR) is 78.8 cm³/mol. The largest absolute Gasteiger partial charge is 0.493 e. The number of benzene rings is 1. The maximum absolute atomic E-state index is 5.71. The van der Waals surface area contributed by atoms with E-state index in [2.05, 4.69) is 36.4 Å². The molecule has 0 amide bonds. The summed E-state index contributed by atoms with van der Waals surface area (Å²) >= 11 is 0. The molecular formula is C16H21N3O. The SMILES string of the molecule is Cc1c(C(C)NC2CCOc3ccccc32)cnn1C. The standard InChI is InChI=1S/C16H21N3O/c1-11(14-10-17-19(3)12(14)2)18-15-8-9-20-16-7-5-4-6-13(15)16/h4-7,10-11,15,18H,8-9H2,1-3H3. The van der Waals surface area contributed by atoms with Crippen LogP contribution in [0.4, 0.5) is 0 Å². The lowest BCUT2D eigenvalue weighted by molar-refractivity contribution is 0.246. The second-order valence-corrected chi connectivity index (χ2v) is 5.42. The molecule has 0 bridgehead atoms. The van der Waals surface area contributed by atoms with E-state index >= 15 is 0 Å². The number of para-hydroxylation sites is 1. The molecule has 0 spiro atoms. The van der Waals surface area contributed by atoms with Gasteiger partial charge in [0.15, 0.2) is 0 Å². The third-order valence-corrected chi connectivity index (χ3v) is 4.15. The Morgan fingerprint density at radius 2 is 2.20 bits per heavy atom. The lowest BCUT2D eigenvalue weighted by Crippen LogP contribution is -2.29. The third kappa shape index (κ3) is 2.31. The first-order chi connectivity index (χ1) is 9.66. The van der Waals surface area contributed by atoms with E-state index in [1.54, 1.807) is 0 Å². The molecule has 0 aliphatic carbocycles. The van der Waals surface area contributed by atoms with Gasteiger partial charge in [-0.15, -0.1) is 0 Å². The zero-order valence-corrected chi connectivity index (χ0v) is 12.3. The number of nitrogens with zero attached hydrogens (tertiary/aromatic N) is 2. The van der Waals surface area contributed by atoms with Crippen molar-refractivity contribution in [1.82, 2.24) is 15.1 Å². The summed E-state index contributed by atoms with van der Waals surface area (Å²) in [6.45, 7) is 5.08. The maximum Gasteiger partial charge on any atom is 0.124 e. The molecule has 1 N–H and O–H groups in total. The Kier molecular flexibility index (Phi) is 3.49. The van der Waals surface area contributed by atoms with Crippen LogP contribution in [0, 0.1) is 6.92 Å². The van der Waals surface area contributed by atoms with Crippen molar-refractivity contribution in [2.24, 2.45) is 7.05 Å². The van der Waals surface area contributed by atoms with Gasteiger partial charge in [0.2, 0.25) is 0 Å². The van der Waals surface area contributed by atoms with E-state index in [1.807, 2.05) is 30.1 Å². The Labute approximate surface area is 119 Å². The molecule has 106 valence electrons. The molecule has 2 aromatic rings. The first kappa shape index (κ1) is 13.2. The monoisotopic (exact) mass is 271 g/mol. The van der Waals surface area contributed by atoms with Crippen LogP contribution in [0.2, 0.25) is 0 Å². The Morgan fingerprint density at radius 3 is 2.95 bits per heavy atom. The fraction of sp³-hybridized carbons (Fsp3) is 0.438. The molecule has 3 rings (SSSR count). The highest BCUT2D eigenvalue weighted by Gasteiger charge is 2.23. The zero-order valence-electron chi connectivity index (χ0n) is 12.3. The minimum atomic E-state index is 0.278. The number of hydrogen-bond acceptors (Lipinski definition) is 3. The minimum absolute atomic E-state index is 0.278. The molecule has 1 aliphatic heterocycles. The quantitative estimate of drug-likeness (QED) is 0.933. The number of fused-ring (bicyclic) bond motifs is 1. The molecule has 4 nitrogen and oxygen atoms in total. The van der Waals surface area contributed by atoms with Gasteiger partial charge in [-0.25, -0.2) is 0 Å². The van der Waals surface area contributed by atoms with Gasteiger partial charge in [-0.3, -0.25) is 4.68 Å². The van der Waals surface area contributed by atoms with Gasteiger partial charge in [-0.1, -0.05) is 18.2 Å². The highest BCUT2D eigenvalue weighted by molar-refractivity contribution is 5.37. The summed E-state index contributed by atoms with van der Waals surface area (Å²) in [5.41, 5.74) is 3.73. The molecule has 1 aromatic heterocycles. The number of hydrogen-bond donors (Lipinski definition) is 1. The van der Waals surface area contributed by atoms with Crippen LogP contribution in [-0.2, 0) is 7.05 Å². The van der Waals surface area contributed by atoms with E-state index in [4.69, 9.17) is 4.74 Å². The van der Waals surface area contributed by atoms with Crippen LogP contribution in [0.5, 0.6) is 5.75 Å². The topological polar surface area (TPSA) is 39.1 Å². The summed E-state index contributed by atoms with van der Waals surface area (Å²) in [6, 6.07) is 8.91. The van der Waals surface area contributed by atoms with E-state index < -0.39 is 0 Å². The van der Waals surface area contributed by atoms with Crippen molar-refractivity contribution >= 4 is 0 Å². The molecule has 0 radical (unpaired) electrons. The molecule has 1 aliphatic rings. The second kappa shape index (κ2) is 5.29. The first-order valence-electron chi connectivity index (χ1n) is 7.13. The van der Waals surface area contributed by atoms with Crippen molar-refractivity contribution in [3.05, 3.63) is 47.3 Å². The highest BCUT2D eigenvalue weighted by Crippen LogP contribution is 2.33. The fourth-order valence-corrected chi connectivity index (χ4v) is 2.85. The normalized spacial score (nSPS) is 19.2. The van der Waals surface area contributed by atoms with Crippen LogP contribution in [0.25, 0.3) is 0 Å². The molecular weight excluding hydrogens is 250 g/mol. The van der Waals surface area contributed by atoms with Crippen LogP contribution < -0.4 is 10.1 Å². The number of aryl methyl sites for hydroxylation is 1. The van der Waals surface area contributed by atoms with Gasteiger partial charge >= 0.3 is 0 Å². The van der Waals surface area contributed by atoms with E-state index in [1.165, 1.54) is 16.8 Å². The van der Waals surface area contributed by atoms with Crippen molar-refractivity contribution in [1.29, 1.82) is 0 Å². The molecule has 0 fully saturated rings. The summed E-state index contributed by atoms with van der Waals surface area (Å²) in [6.07, 6.45) is 2.96. The van der Waals surface area contributed by atoms with Crippen LogP contribution >= 0.6 is 0 Å². The van der Waals surface area contributed by atoms with Crippen LogP contribution in [0.1, 0.15) is 42.2 Å². The van der Waals surface area contributed by atoms with Gasteiger partial charge in [0.05, 0.1) is 12.8 Å². The molecule has 2 atom stereocenters. The zero-order chi connectivity index (χ0) is 14.1. The van der Waals surface area contributed by atoms with Crippen molar-refractivity contribution in [3.8, 4) is 5.75 Å². The summed E-state index contributed by atoms with van der Waals surface area (Å²) < 4.78 is 7.63. The lowest BCUT2D eigenvalue weighted by Gasteiger charge is -2.29. The van der Waals surface area contributed by atoms with Crippen molar-refractivity contribution < 1.29 is 4.74 Å². The number of nitrogens with one attached hydrogen (secondary N) is 1. The van der Waals surface area contributed by atoms with Gasteiger partial charge in [0, 0.05) is 42.4 Å². The van der Waals surface area contributed by atoms with E-state index in [9.17, 15) is 0 Å². The van der Waals surface area contributed by atoms with Gasteiger partial charge in [0.1, 0.15) is 5.75 Å². The molecule has 0 saturated heterocycles. The summed E-state index contributed by atoms with van der Waals surface area (Å²) in [7, 11) is 1.98. The van der Waals surface area contributed by atoms with Gasteiger partial charge in [0.25, 0.3) is 0 Å². The van der Waals surface area contributed by atoms with Crippen LogP contribution in [0.3, 0.4) is 0 Å². The van der Waals surface area contributed by atoms with E-state index in [0.29, 0.717) is 6.04 Å². The van der Waals surface area contributed by atoms with E-state index in [0.717, 1.165) is 18.8 Å². The van der Waals surface area contributed by atoms with Crippen molar-refractivity contribution in [2.45, 2.75) is 32.4 Å². The van der Waals surface area contributed by atoms with Crippen LogP contribution in [-0.4, -0.2) is 16.4 Å². The summed E-state index contributed by atoms with van der Waals surface area (Å²) in [4.78, 5) is 0. The first-order valence-corrected chi connectivity index (χ1v) is 7.13. The van der Waals surface area contributed by atoms with Crippen molar-refractivity contribution in [2.75, 3.05) is 6.61 Å². The highest BCUT2D eigenvalue weighted by atomic mass is 16.5. The molecule has 20 heavy (non-hydrogen) atoms. The Bertz CT molecular complexity index is 606. The predicted octanol–water partition coefficient (Wildman–Crippen LogP) is 2.90. The summed E-state index contributed by atoms with van der Waals surface area (Å²) in [5, 5.41) is 8.04. The third-order valence-electron chi connectivity index (χ3n) is 4.15. The molecule has 1 aromatic carbocycles. The smallest absolute Gasteiger partial charge is 0.124 e. The Hall–Kier alpha value is -1.81. The molecule has 2 unspecified atom stereocenters. The van der Waals surface area contributed by atoms with Gasteiger partial charge < -0.3 is 10.1 Å². The lowest BCUT2D eigenvalue weighted by atomic mass is 9.98. The molecule has 4 heteroatoms. The van der Waals surface area contributed by atoms with Gasteiger partial charge in [-0.2, -0.15) is 5.10 Å². The second-order valence-electron chi connectivity index (χ2n) is 5.42. The number of rotatable bonds is 3. The molecule has 2 heterocycles. The Morgan fingerprint density at radius 1 is 1.40 bits per heavy atom. The molecule has 0 saturated carbocycles. The van der Waals surface area contributed by atoms with Crippen LogP contribution in [0.15, 0.2) is 30.5 Å². The maximum atomic E-state index is 5.71. The fourth-order valence-electron chi connectivity index (χ4n) is 2.85. The Balaban J connectivity index is 1.80. The van der Waals surface area contributed by atoms with Crippen molar-refractivity contribution in [3.63, 3.8) is 0 Å². The van der Waals surface area contributed by atoms with E-state index in [-0.39, 0.29) is 6.04 Å². The minimum Gasteiger partial charge on any atom is -0.493 e.